The van der Waals surface area contributed by atoms with E-state index in [1.165, 1.54) is 6.26 Å². The highest BCUT2D eigenvalue weighted by Crippen LogP contribution is 2.32. The van der Waals surface area contributed by atoms with Gasteiger partial charge in [0.2, 0.25) is 0 Å². The Labute approximate surface area is 87.0 Å². The van der Waals surface area contributed by atoms with Gasteiger partial charge in [-0.1, -0.05) is 13.3 Å². The average molecular weight is 219 g/mol. The van der Waals surface area contributed by atoms with E-state index in [0.717, 1.165) is 25.7 Å². The molecule has 4 heteroatoms. The van der Waals surface area contributed by atoms with Crippen molar-refractivity contribution in [1.29, 1.82) is 0 Å². The lowest BCUT2D eigenvalue weighted by atomic mass is 9.77. The average Bonchev–Trinajstić information content (AvgIpc) is 2.01. The normalized spacial score (nSPS) is 34.4. The first-order valence-electron chi connectivity index (χ1n) is 5.35. The molecule has 14 heavy (non-hydrogen) atoms. The molecule has 1 aliphatic rings. The monoisotopic (exact) mass is 219 g/mol. The maximum absolute atomic E-state index is 11.2. The first-order chi connectivity index (χ1) is 6.42. The van der Waals surface area contributed by atoms with E-state index in [9.17, 15) is 8.42 Å². The Morgan fingerprint density at radius 3 is 2.43 bits per heavy atom. The maximum atomic E-state index is 11.2. The summed E-state index contributed by atoms with van der Waals surface area (Å²) in [5.74, 6) is 1.17. The largest absolute Gasteiger partial charge is 0.328 e. The van der Waals surface area contributed by atoms with Gasteiger partial charge in [-0.2, -0.15) is 0 Å². The number of nitrogens with two attached hydrogens (primary N) is 1. The van der Waals surface area contributed by atoms with Crippen LogP contribution in [0.15, 0.2) is 0 Å². The molecule has 0 aromatic heterocycles. The highest BCUT2D eigenvalue weighted by molar-refractivity contribution is 7.90. The van der Waals surface area contributed by atoms with Crippen LogP contribution < -0.4 is 5.73 Å². The van der Waals surface area contributed by atoms with Gasteiger partial charge in [-0.3, -0.25) is 0 Å². The van der Waals surface area contributed by atoms with Crippen LogP contribution in [0, 0.1) is 11.8 Å². The summed E-state index contributed by atoms with van der Waals surface area (Å²) in [6.45, 7) is 2.14. The third kappa shape index (κ3) is 3.58. The third-order valence-corrected chi connectivity index (χ3v) is 4.26. The molecule has 2 N–H and O–H groups in total. The molecule has 3 nitrogen and oxygen atoms in total. The zero-order valence-electron chi connectivity index (χ0n) is 9.07. The van der Waals surface area contributed by atoms with Crippen molar-refractivity contribution in [2.45, 2.75) is 38.6 Å². The van der Waals surface area contributed by atoms with Gasteiger partial charge < -0.3 is 5.73 Å². The Balaban J connectivity index is 2.62. The van der Waals surface area contributed by atoms with Crippen LogP contribution in [0.25, 0.3) is 0 Å². The summed E-state index contributed by atoms with van der Waals surface area (Å²) >= 11 is 0. The summed E-state index contributed by atoms with van der Waals surface area (Å²) in [6, 6.07) is 0.213. The van der Waals surface area contributed by atoms with E-state index in [4.69, 9.17) is 5.73 Å². The predicted molar refractivity (Wildman–Crippen MR) is 58.8 cm³/mol. The molecule has 0 aliphatic heterocycles. The molecule has 0 radical (unpaired) electrons. The highest BCUT2D eigenvalue weighted by atomic mass is 32.2. The summed E-state index contributed by atoms with van der Waals surface area (Å²) in [5, 5.41) is 0. The fourth-order valence-corrected chi connectivity index (χ4v) is 3.68. The second-order valence-corrected chi connectivity index (χ2v) is 6.78. The van der Waals surface area contributed by atoms with Crippen molar-refractivity contribution in [2.75, 3.05) is 12.0 Å². The lowest BCUT2D eigenvalue weighted by molar-refractivity contribution is 0.229. The molecule has 0 aromatic rings. The smallest absolute Gasteiger partial charge is 0.147 e. The SMILES string of the molecule is CCC1CCC(N)CC1CS(C)(=O)=O. The molecule has 1 aliphatic carbocycles. The first-order valence-corrected chi connectivity index (χ1v) is 7.41. The van der Waals surface area contributed by atoms with Crippen LogP contribution in [0.4, 0.5) is 0 Å². The van der Waals surface area contributed by atoms with Crippen molar-refractivity contribution in [3.05, 3.63) is 0 Å². The van der Waals surface area contributed by atoms with Crippen molar-refractivity contribution in [2.24, 2.45) is 17.6 Å². The van der Waals surface area contributed by atoms with Gasteiger partial charge >= 0.3 is 0 Å². The van der Waals surface area contributed by atoms with E-state index in [0.29, 0.717) is 17.6 Å². The van der Waals surface area contributed by atoms with E-state index in [-0.39, 0.29) is 6.04 Å². The van der Waals surface area contributed by atoms with Crippen LogP contribution in [0.3, 0.4) is 0 Å². The van der Waals surface area contributed by atoms with E-state index in [1.807, 2.05) is 0 Å². The molecular formula is C10H21NO2S. The van der Waals surface area contributed by atoms with Crippen LogP contribution in [0.2, 0.25) is 0 Å². The number of sulfone groups is 1. The van der Waals surface area contributed by atoms with Gasteiger partial charge in [0.1, 0.15) is 9.84 Å². The van der Waals surface area contributed by atoms with Crippen molar-refractivity contribution >= 4 is 9.84 Å². The van der Waals surface area contributed by atoms with Crippen molar-refractivity contribution in [3.63, 3.8) is 0 Å². The molecule has 1 saturated carbocycles. The Morgan fingerprint density at radius 1 is 1.29 bits per heavy atom. The standard InChI is InChI=1S/C10H21NO2S/c1-3-8-4-5-10(11)6-9(8)7-14(2,12)13/h8-10H,3-7,11H2,1-2H3. The molecule has 0 bridgehead atoms. The lowest BCUT2D eigenvalue weighted by Gasteiger charge is -2.33. The molecule has 0 aromatic carbocycles. The van der Waals surface area contributed by atoms with E-state index in [1.54, 1.807) is 0 Å². The zero-order valence-corrected chi connectivity index (χ0v) is 9.89. The molecule has 84 valence electrons. The lowest BCUT2D eigenvalue weighted by Crippen LogP contribution is -2.36. The summed E-state index contributed by atoms with van der Waals surface area (Å²) in [7, 11) is -2.85. The third-order valence-electron chi connectivity index (χ3n) is 3.22. The Kier molecular flexibility index (Phi) is 3.95. The fourth-order valence-electron chi connectivity index (χ4n) is 2.49. The van der Waals surface area contributed by atoms with Crippen LogP contribution in [0.1, 0.15) is 32.6 Å². The molecule has 0 saturated heterocycles. The summed E-state index contributed by atoms with van der Waals surface area (Å²) in [5.41, 5.74) is 5.87. The van der Waals surface area contributed by atoms with Gasteiger partial charge in [0.05, 0.1) is 5.75 Å². The molecular weight excluding hydrogens is 198 g/mol. The second-order valence-electron chi connectivity index (χ2n) is 4.59. The number of hydrogen-bond donors (Lipinski definition) is 1. The maximum Gasteiger partial charge on any atom is 0.147 e. The molecule has 3 unspecified atom stereocenters. The molecule has 1 rings (SSSR count). The van der Waals surface area contributed by atoms with Crippen LogP contribution >= 0.6 is 0 Å². The van der Waals surface area contributed by atoms with Crippen molar-refractivity contribution in [3.8, 4) is 0 Å². The van der Waals surface area contributed by atoms with E-state index >= 15 is 0 Å². The van der Waals surface area contributed by atoms with E-state index < -0.39 is 9.84 Å². The van der Waals surface area contributed by atoms with Gasteiger partial charge in [0, 0.05) is 12.3 Å². The minimum absolute atomic E-state index is 0.213. The molecule has 0 spiro atoms. The number of hydrogen-bond acceptors (Lipinski definition) is 3. The summed E-state index contributed by atoms with van der Waals surface area (Å²) < 4.78 is 22.5. The quantitative estimate of drug-likeness (QED) is 0.775. The number of rotatable bonds is 3. The Hall–Kier alpha value is -0.0900. The van der Waals surface area contributed by atoms with Crippen molar-refractivity contribution in [1.82, 2.24) is 0 Å². The van der Waals surface area contributed by atoms with E-state index in [2.05, 4.69) is 6.92 Å². The zero-order chi connectivity index (χ0) is 10.8. The molecule has 0 heterocycles. The Morgan fingerprint density at radius 2 is 1.93 bits per heavy atom. The summed E-state index contributed by atoms with van der Waals surface area (Å²) in [6.07, 6.45) is 5.43. The van der Waals surface area contributed by atoms with Gasteiger partial charge in [0.25, 0.3) is 0 Å². The minimum atomic E-state index is -2.85. The minimum Gasteiger partial charge on any atom is -0.328 e. The predicted octanol–water partition coefficient (Wildman–Crippen LogP) is 1.18. The van der Waals surface area contributed by atoms with Crippen LogP contribution in [-0.2, 0) is 9.84 Å². The van der Waals surface area contributed by atoms with Gasteiger partial charge in [0.15, 0.2) is 0 Å². The molecule has 3 atom stereocenters. The van der Waals surface area contributed by atoms with Crippen molar-refractivity contribution < 1.29 is 8.42 Å². The van der Waals surface area contributed by atoms with Gasteiger partial charge in [-0.05, 0) is 31.1 Å². The second kappa shape index (κ2) is 4.62. The summed E-state index contributed by atoms with van der Waals surface area (Å²) in [4.78, 5) is 0. The first kappa shape index (κ1) is 12.0. The van der Waals surface area contributed by atoms with Gasteiger partial charge in [-0.15, -0.1) is 0 Å². The molecule has 0 amide bonds. The van der Waals surface area contributed by atoms with Crippen LogP contribution in [-0.4, -0.2) is 26.5 Å². The fraction of sp³-hybridized carbons (Fsp3) is 1.00. The highest BCUT2D eigenvalue weighted by Gasteiger charge is 2.29. The van der Waals surface area contributed by atoms with Crippen LogP contribution in [0.5, 0.6) is 0 Å². The molecule has 1 fully saturated rings. The van der Waals surface area contributed by atoms with Gasteiger partial charge in [-0.25, -0.2) is 8.42 Å². The Bertz CT molecular complexity index is 274. The topological polar surface area (TPSA) is 60.2 Å².